The minimum atomic E-state index is -0.704. The van der Waals surface area contributed by atoms with Gasteiger partial charge < -0.3 is 9.47 Å². The molecule has 2 aromatic carbocycles. The molecule has 1 saturated carbocycles. The molecule has 0 bridgehead atoms. The number of ether oxygens (including phenoxy) is 2. The summed E-state index contributed by atoms with van der Waals surface area (Å²) >= 11 is 12.1. The van der Waals surface area contributed by atoms with Crippen LogP contribution in [0.25, 0.3) is 0 Å². The van der Waals surface area contributed by atoms with E-state index in [4.69, 9.17) is 32.7 Å². The molecule has 0 spiro atoms. The number of carbonyl (C=O) groups is 1. The van der Waals surface area contributed by atoms with Crippen LogP contribution in [0.4, 0.5) is 0 Å². The van der Waals surface area contributed by atoms with Gasteiger partial charge in [0.1, 0.15) is 16.0 Å². The van der Waals surface area contributed by atoms with Gasteiger partial charge in [-0.2, -0.15) is 0 Å². The second-order valence-corrected chi connectivity index (χ2v) is 7.90. The molecule has 1 fully saturated rings. The first kappa shape index (κ1) is 18.8. The molecule has 136 valence electrons. The molecule has 0 aliphatic heterocycles. The highest BCUT2D eigenvalue weighted by Crippen LogP contribution is 2.72. The molecule has 0 amide bonds. The van der Waals surface area contributed by atoms with Crippen molar-refractivity contribution >= 4 is 29.2 Å². The van der Waals surface area contributed by atoms with Crippen LogP contribution in [-0.2, 0) is 14.9 Å². The van der Waals surface area contributed by atoms with Crippen LogP contribution in [0.2, 0.25) is 0 Å². The quantitative estimate of drug-likeness (QED) is 0.599. The molecule has 26 heavy (non-hydrogen) atoms. The SMILES string of the molecule is COC(=O)[C@H]1C(C)(C)[C@]1(C=C(Cl)Cl)c1ccccc1Oc1ccccc1. The maximum Gasteiger partial charge on any atom is 0.310 e. The molecule has 3 nitrogen and oxygen atoms in total. The van der Waals surface area contributed by atoms with E-state index in [1.165, 1.54) is 7.11 Å². The molecular formula is C21H20Cl2O3. The highest BCUT2D eigenvalue weighted by molar-refractivity contribution is 6.56. The van der Waals surface area contributed by atoms with Gasteiger partial charge in [-0.15, -0.1) is 0 Å². The number of esters is 1. The smallest absolute Gasteiger partial charge is 0.310 e. The highest BCUT2D eigenvalue weighted by Gasteiger charge is 2.75. The predicted octanol–water partition coefficient (Wildman–Crippen LogP) is 5.86. The Morgan fingerprint density at radius 1 is 1.04 bits per heavy atom. The minimum absolute atomic E-state index is 0.110. The molecule has 2 aromatic rings. The fraction of sp³-hybridized carbons (Fsp3) is 0.286. The molecule has 0 radical (unpaired) electrons. The molecule has 1 aliphatic carbocycles. The molecule has 0 saturated heterocycles. The number of allylic oxidation sites excluding steroid dienone is 1. The topological polar surface area (TPSA) is 35.5 Å². The monoisotopic (exact) mass is 390 g/mol. The predicted molar refractivity (Wildman–Crippen MR) is 104 cm³/mol. The number of hydrogen-bond donors (Lipinski definition) is 0. The zero-order chi connectivity index (χ0) is 18.9. The third-order valence-electron chi connectivity index (χ3n) is 5.24. The maximum absolute atomic E-state index is 12.5. The minimum Gasteiger partial charge on any atom is -0.469 e. The van der Waals surface area contributed by atoms with Crippen LogP contribution in [0.1, 0.15) is 19.4 Å². The van der Waals surface area contributed by atoms with E-state index in [9.17, 15) is 4.79 Å². The third-order valence-corrected chi connectivity index (χ3v) is 5.46. The summed E-state index contributed by atoms with van der Waals surface area (Å²) in [4.78, 5) is 12.5. The van der Waals surface area contributed by atoms with E-state index in [1.54, 1.807) is 6.08 Å². The van der Waals surface area contributed by atoms with Crippen LogP contribution in [0.15, 0.2) is 65.2 Å². The zero-order valence-corrected chi connectivity index (χ0v) is 16.3. The summed E-state index contributed by atoms with van der Waals surface area (Å²) in [6.45, 7) is 4.00. The molecule has 0 heterocycles. The number of benzene rings is 2. The summed E-state index contributed by atoms with van der Waals surface area (Å²) in [5, 5.41) is 0. The molecule has 3 rings (SSSR count). The van der Waals surface area contributed by atoms with Gasteiger partial charge in [0.25, 0.3) is 0 Å². The second-order valence-electron chi connectivity index (χ2n) is 6.89. The van der Waals surface area contributed by atoms with Gasteiger partial charge in [-0.1, -0.05) is 73.4 Å². The van der Waals surface area contributed by atoms with Crippen LogP contribution in [-0.4, -0.2) is 13.1 Å². The van der Waals surface area contributed by atoms with Crippen molar-refractivity contribution in [3.63, 3.8) is 0 Å². The fourth-order valence-electron chi connectivity index (χ4n) is 3.93. The molecule has 0 N–H and O–H groups in total. The fourth-order valence-corrected chi connectivity index (χ4v) is 4.27. The van der Waals surface area contributed by atoms with Crippen LogP contribution >= 0.6 is 23.2 Å². The molecule has 5 heteroatoms. The third kappa shape index (κ3) is 3.00. The van der Waals surface area contributed by atoms with Crippen molar-refractivity contribution in [3.8, 4) is 11.5 Å². The van der Waals surface area contributed by atoms with E-state index >= 15 is 0 Å². The van der Waals surface area contributed by atoms with Crippen LogP contribution in [0.5, 0.6) is 11.5 Å². The lowest BCUT2D eigenvalue weighted by Crippen LogP contribution is -2.16. The Morgan fingerprint density at radius 2 is 1.65 bits per heavy atom. The standard InChI is InChI=1S/C21H20Cl2O3/c1-20(2)18(19(24)25-3)21(20,13-17(22)23)15-11-7-8-12-16(15)26-14-9-5-4-6-10-14/h4-13,18H,1-3H3/t18-,21+/m0/s1. The number of carbonyl (C=O) groups excluding carboxylic acids is 1. The Balaban J connectivity index is 2.13. The molecule has 0 aromatic heterocycles. The van der Waals surface area contributed by atoms with Crippen molar-refractivity contribution in [3.05, 3.63) is 70.7 Å². The van der Waals surface area contributed by atoms with Crippen LogP contribution < -0.4 is 4.74 Å². The number of methoxy groups -OCH3 is 1. The van der Waals surface area contributed by atoms with E-state index in [0.29, 0.717) is 11.5 Å². The zero-order valence-electron chi connectivity index (χ0n) is 14.8. The largest absolute Gasteiger partial charge is 0.469 e. The molecule has 0 unspecified atom stereocenters. The van der Waals surface area contributed by atoms with Crippen molar-refractivity contribution in [2.45, 2.75) is 19.3 Å². The molecular weight excluding hydrogens is 371 g/mol. The number of halogens is 2. The van der Waals surface area contributed by atoms with E-state index < -0.39 is 16.7 Å². The van der Waals surface area contributed by atoms with Gasteiger partial charge in [-0.05, 0) is 29.7 Å². The highest BCUT2D eigenvalue weighted by atomic mass is 35.5. The Bertz CT molecular complexity index is 841. The summed E-state index contributed by atoms with van der Waals surface area (Å²) < 4.78 is 11.2. The summed E-state index contributed by atoms with van der Waals surface area (Å²) in [6, 6.07) is 17.1. The first-order chi connectivity index (χ1) is 12.3. The summed E-state index contributed by atoms with van der Waals surface area (Å²) in [7, 11) is 1.39. The average molecular weight is 391 g/mol. The summed E-state index contributed by atoms with van der Waals surface area (Å²) in [5.41, 5.74) is -0.279. The second kappa shape index (κ2) is 6.98. The van der Waals surface area contributed by atoms with Crippen LogP contribution in [0.3, 0.4) is 0 Å². The van der Waals surface area contributed by atoms with E-state index in [0.717, 1.165) is 5.56 Å². The first-order valence-corrected chi connectivity index (χ1v) is 9.04. The van der Waals surface area contributed by atoms with E-state index in [1.807, 2.05) is 68.4 Å². The van der Waals surface area contributed by atoms with Gasteiger partial charge in [0, 0.05) is 11.0 Å². The summed E-state index contributed by atoms with van der Waals surface area (Å²) in [6.07, 6.45) is 1.73. The lowest BCUT2D eigenvalue weighted by atomic mass is 9.87. The van der Waals surface area contributed by atoms with Crippen molar-refractivity contribution in [1.82, 2.24) is 0 Å². The van der Waals surface area contributed by atoms with Gasteiger partial charge in [-0.3, -0.25) is 4.79 Å². The lowest BCUT2D eigenvalue weighted by Gasteiger charge is -2.21. The van der Waals surface area contributed by atoms with E-state index in [-0.39, 0.29) is 10.5 Å². The van der Waals surface area contributed by atoms with Crippen molar-refractivity contribution in [2.75, 3.05) is 7.11 Å². The van der Waals surface area contributed by atoms with Crippen molar-refractivity contribution in [1.29, 1.82) is 0 Å². The first-order valence-electron chi connectivity index (χ1n) is 8.28. The van der Waals surface area contributed by atoms with Gasteiger partial charge in [-0.25, -0.2) is 0 Å². The normalized spacial score (nSPS) is 23.0. The van der Waals surface area contributed by atoms with Gasteiger partial charge in [0.05, 0.1) is 13.0 Å². The molecule has 2 atom stereocenters. The van der Waals surface area contributed by atoms with Gasteiger partial charge >= 0.3 is 5.97 Å². The van der Waals surface area contributed by atoms with Gasteiger partial charge in [0.2, 0.25) is 0 Å². The number of hydrogen-bond acceptors (Lipinski definition) is 3. The Morgan fingerprint density at radius 3 is 2.27 bits per heavy atom. The number of para-hydroxylation sites is 2. The maximum atomic E-state index is 12.5. The van der Waals surface area contributed by atoms with Crippen LogP contribution in [0, 0.1) is 11.3 Å². The Labute approximate surface area is 163 Å². The van der Waals surface area contributed by atoms with Crippen molar-refractivity contribution in [2.24, 2.45) is 11.3 Å². The van der Waals surface area contributed by atoms with E-state index in [2.05, 4.69) is 0 Å². The van der Waals surface area contributed by atoms with Gasteiger partial charge in [0.15, 0.2) is 0 Å². The Hall–Kier alpha value is -1.97. The number of rotatable bonds is 5. The molecule has 1 aliphatic rings. The lowest BCUT2D eigenvalue weighted by molar-refractivity contribution is -0.143. The Kier molecular flexibility index (Phi) is 5.05. The van der Waals surface area contributed by atoms with Crippen molar-refractivity contribution < 1.29 is 14.3 Å². The summed E-state index contributed by atoms with van der Waals surface area (Å²) in [5.74, 6) is 0.663. The average Bonchev–Trinajstić information content (AvgIpc) is 3.10.